The van der Waals surface area contributed by atoms with E-state index < -0.39 is 10.0 Å². The molecule has 0 aliphatic rings. The largest absolute Gasteiger partial charge is 0.268 e. The highest BCUT2D eigenvalue weighted by Crippen LogP contribution is 2.29. The molecule has 0 saturated heterocycles. The summed E-state index contributed by atoms with van der Waals surface area (Å²) in [6.45, 7) is 6.64. The lowest BCUT2D eigenvalue weighted by molar-refractivity contribution is 0.585. The maximum Gasteiger partial charge on any atom is 0.268 e. The van der Waals surface area contributed by atoms with E-state index >= 15 is 0 Å². The van der Waals surface area contributed by atoms with Gasteiger partial charge in [0.05, 0.1) is 10.4 Å². The second-order valence-corrected chi connectivity index (χ2v) is 9.06. The molecule has 3 aromatic rings. The van der Waals surface area contributed by atoms with E-state index in [2.05, 4.69) is 26.8 Å². The first-order chi connectivity index (χ1) is 12.4. The molecule has 138 valence electrons. The average molecular weight is 370 g/mol. The molecule has 1 heterocycles. The van der Waals surface area contributed by atoms with Crippen LogP contribution in [0.1, 0.15) is 44.7 Å². The molecule has 4 heteroatoms. The fraction of sp³-hybridized carbons (Fsp3) is 0.364. The van der Waals surface area contributed by atoms with Gasteiger partial charge in [0.1, 0.15) is 0 Å². The van der Waals surface area contributed by atoms with Gasteiger partial charge in [-0.3, -0.25) is 0 Å². The van der Waals surface area contributed by atoms with Crippen LogP contribution in [0.2, 0.25) is 0 Å². The molecule has 0 aliphatic carbocycles. The highest BCUT2D eigenvalue weighted by Gasteiger charge is 2.20. The lowest BCUT2D eigenvalue weighted by atomic mass is 9.94. The molecule has 1 aromatic heterocycles. The second kappa shape index (κ2) is 7.67. The predicted molar refractivity (Wildman–Crippen MR) is 108 cm³/mol. The van der Waals surface area contributed by atoms with Crippen LogP contribution >= 0.6 is 0 Å². The summed E-state index contributed by atoms with van der Waals surface area (Å²) in [6, 6.07) is 14.7. The minimum absolute atomic E-state index is 0.318. The van der Waals surface area contributed by atoms with Gasteiger partial charge in [0, 0.05) is 11.6 Å². The van der Waals surface area contributed by atoms with Gasteiger partial charge < -0.3 is 0 Å². The molecule has 0 N–H and O–H groups in total. The maximum absolute atomic E-state index is 13.0. The summed E-state index contributed by atoms with van der Waals surface area (Å²) in [5.41, 5.74) is 3.42. The Morgan fingerprint density at radius 2 is 1.69 bits per heavy atom. The van der Waals surface area contributed by atoms with Crippen molar-refractivity contribution in [1.29, 1.82) is 0 Å². The van der Waals surface area contributed by atoms with Gasteiger partial charge in [0.15, 0.2) is 0 Å². The summed E-state index contributed by atoms with van der Waals surface area (Å²) < 4.78 is 27.5. The molecule has 0 amide bonds. The number of hydrogen-bond donors (Lipinski definition) is 0. The average Bonchev–Trinajstić information content (AvgIpc) is 3.07. The number of aromatic nitrogens is 1. The van der Waals surface area contributed by atoms with Crippen LogP contribution in [0, 0.1) is 5.92 Å². The van der Waals surface area contributed by atoms with Crippen molar-refractivity contribution >= 4 is 20.9 Å². The van der Waals surface area contributed by atoms with E-state index in [1.807, 2.05) is 18.2 Å². The number of rotatable bonds is 7. The minimum Gasteiger partial charge on any atom is -0.241 e. The molecule has 0 fully saturated rings. The van der Waals surface area contributed by atoms with E-state index in [4.69, 9.17) is 0 Å². The van der Waals surface area contributed by atoms with Crippen molar-refractivity contribution in [3.63, 3.8) is 0 Å². The van der Waals surface area contributed by atoms with Crippen LogP contribution < -0.4 is 0 Å². The van der Waals surface area contributed by atoms with E-state index in [1.165, 1.54) is 15.1 Å². The van der Waals surface area contributed by atoms with Gasteiger partial charge in [-0.15, -0.1) is 0 Å². The van der Waals surface area contributed by atoms with Gasteiger partial charge in [0.25, 0.3) is 10.0 Å². The van der Waals surface area contributed by atoms with E-state index in [0.29, 0.717) is 10.8 Å². The summed E-state index contributed by atoms with van der Waals surface area (Å²) in [5.74, 6) is 0.656. The van der Waals surface area contributed by atoms with Gasteiger partial charge in [-0.1, -0.05) is 51.5 Å². The van der Waals surface area contributed by atoms with Crippen LogP contribution in [-0.2, 0) is 22.9 Å². The van der Waals surface area contributed by atoms with Crippen molar-refractivity contribution < 1.29 is 8.42 Å². The lowest BCUT2D eigenvalue weighted by Gasteiger charge is -2.13. The van der Waals surface area contributed by atoms with Crippen LogP contribution in [0.5, 0.6) is 0 Å². The Labute approximate surface area is 156 Å². The Kier molecular flexibility index (Phi) is 5.52. The van der Waals surface area contributed by atoms with Crippen molar-refractivity contribution in [3.8, 4) is 0 Å². The summed E-state index contributed by atoms with van der Waals surface area (Å²) in [7, 11) is -3.58. The van der Waals surface area contributed by atoms with Crippen molar-refractivity contribution in [2.24, 2.45) is 5.92 Å². The van der Waals surface area contributed by atoms with Crippen LogP contribution in [0.4, 0.5) is 0 Å². The van der Waals surface area contributed by atoms with Crippen molar-refractivity contribution in [3.05, 3.63) is 65.9 Å². The third-order valence-corrected chi connectivity index (χ3v) is 6.54. The van der Waals surface area contributed by atoms with Gasteiger partial charge in [0.2, 0.25) is 0 Å². The molecule has 0 atom stereocenters. The second-order valence-electron chi connectivity index (χ2n) is 7.25. The third kappa shape index (κ3) is 3.56. The molecule has 0 spiro atoms. The molecule has 0 unspecified atom stereocenters. The summed E-state index contributed by atoms with van der Waals surface area (Å²) in [6.07, 6.45) is 5.90. The zero-order valence-electron chi connectivity index (χ0n) is 15.8. The fourth-order valence-corrected chi connectivity index (χ4v) is 4.80. The SMILES string of the molecule is CCCc1c(CCC(C)C)ccc2c1ccn2S(=O)(=O)c1ccccc1. The molecule has 26 heavy (non-hydrogen) atoms. The molecular formula is C22H27NO2S. The standard InChI is InChI=1S/C22H27NO2S/c1-4-8-20-18(12-11-17(2)3)13-14-22-21(20)15-16-23(22)26(24,25)19-9-6-5-7-10-19/h5-7,9-10,13-17H,4,8,11-12H2,1-3H3. The molecule has 0 saturated carbocycles. The Morgan fingerprint density at radius 3 is 2.35 bits per heavy atom. The number of aryl methyl sites for hydroxylation is 2. The zero-order chi connectivity index (χ0) is 18.7. The van der Waals surface area contributed by atoms with Gasteiger partial charge in [-0.25, -0.2) is 12.4 Å². The summed E-state index contributed by atoms with van der Waals surface area (Å²) in [5, 5.41) is 1.06. The Balaban J connectivity index is 2.12. The fourth-order valence-electron chi connectivity index (χ4n) is 3.44. The predicted octanol–water partition coefficient (Wildman–Crippen LogP) is 5.42. The van der Waals surface area contributed by atoms with E-state index in [-0.39, 0.29) is 0 Å². The number of hydrogen-bond acceptors (Lipinski definition) is 2. The Hall–Kier alpha value is -2.07. The quantitative estimate of drug-likeness (QED) is 0.558. The first kappa shape index (κ1) is 18.7. The van der Waals surface area contributed by atoms with Crippen molar-refractivity contribution in [1.82, 2.24) is 3.97 Å². The first-order valence-electron chi connectivity index (χ1n) is 9.37. The van der Waals surface area contributed by atoms with E-state index in [1.54, 1.807) is 30.5 Å². The van der Waals surface area contributed by atoms with Crippen LogP contribution in [-0.4, -0.2) is 12.4 Å². The molecule has 0 bridgehead atoms. The normalized spacial score (nSPS) is 12.2. The van der Waals surface area contributed by atoms with Crippen LogP contribution in [0.15, 0.2) is 59.6 Å². The number of fused-ring (bicyclic) bond motifs is 1. The van der Waals surface area contributed by atoms with E-state index in [0.717, 1.165) is 36.6 Å². The molecule has 2 aromatic carbocycles. The van der Waals surface area contributed by atoms with Gasteiger partial charge in [-0.2, -0.15) is 0 Å². The zero-order valence-corrected chi connectivity index (χ0v) is 16.6. The lowest BCUT2D eigenvalue weighted by Crippen LogP contribution is -2.11. The highest BCUT2D eigenvalue weighted by molar-refractivity contribution is 7.90. The van der Waals surface area contributed by atoms with Gasteiger partial charge >= 0.3 is 0 Å². The van der Waals surface area contributed by atoms with Crippen LogP contribution in [0.25, 0.3) is 10.9 Å². The molecule has 3 nitrogen and oxygen atoms in total. The van der Waals surface area contributed by atoms with Crippen molar-refractivity contribution in [2.75, 3.05) is 0 Å². The molecule has 3 rings (SSSR count). The summed E-state index contributed by atoms with van der Waals surface area (Å²) >= 11 is 0. The van der Waals surface area contributed by atoms with Gasteiger partial charge in [-0.05, 0) is 60.6 Å². The topological polar surface area (TPSA) is 39.1 Å². The Morgan fingerprint density at radius 1 is 0.962 bits per heavy atom. The minimum atomic E-state index is -3.58. The third-order valence-electron chi connectivity index (χ3n) is 4.84. The molecular weight excluding hydrogens is 342 g/mol. The molecule has 0 radical (unpaired) electrons. The summed E-state index contributed by atoms with van der Waals surface area (Å²) in [4.78, 5) is 0.318. The van der Waals surface area contributed by atoms with Crippen molar-refractivity contribution in [2.45, 2.75) is 51.3 Å². The first-order valence-corrected chi connectivity index (χ1v) is 10.8. The van der Waals surface area contributed by atoms with Crippen LogP contribution in [0.3, 0.4) is 0 Å². The highest BCUT2D eigenvalue weighted by atomic mass is 32.2. The molecule has 0 aliphatic heterocycles. The maximum atomic E-state index is 13.0. The number of benzene rings is 2. The smallest absolute Gasteiger partial charge is 0.241 e. The Bertz CT molecular complexity index is 986. The van der Waals surface area contributed by atoms with E-state index in [9.17, 15) is 8.42 Å². The monoisotopic (exact) mass is 369 g/mol. The number of nitrogens with zero attached hydrogens (tertiary/aromatic N) is 1.